The molecule has 0 amide bonds. The molecular formula is C24H39FO2. The molecule has 2 fully saturated rings. The summed E-state index contributed by atoms with van der Waals surface area (Å²) >= 11 is 0. The molecule has 3 heteroatoms. The topological polar surface area (TPSA) is 18.5 Å². The van der Waals surface area contributed by atoms with E-state index in [1.54, 1.807) is 6.08 Å². The fraction of sp³-hybridized carbons (Fsp3) is 0.833. The van der Waals surface area contributed by atoms with E-state index in [9.17, 15) is 4.39 Å². The maximum atomic E-state index is 14.3. The summed E-state index contributed by atoms with van der Waals surface area (Å²) in [7, 11) is 0. The molecule has 2 saturated carbocycles. The van der Waals surface area contributed by atoms with Crippen LogP contribution < -0.4 is 0 Å². The molecule has 3 aliphatic carbocycles. The number of allylic oxidation sites excluding steroid dienone is 4. The van der Waals surface area contributed by atoms with Gasteiger partial charge >= 0.3 is 0 Å². The Morgan fingerprint density at radius 3 is 2.04 bits per heavy atom. The van der Waals surface area contributed by atoms with Crippen LogP contribution in [0.2, 0.25) is 0 Å². The van der Waals surface area contributed by atoms with Crippen LogP contribution in [0.15, 0.2) is 23.7 Å². The molecule has 0 spiro atoms. The maximum absolute atomic E-state index is 14.3. The minimum atomic E-state index is -1.05. The van der Waals surface area contributed by atoms with E-state index >= 15 is 0 Å². The summed E-state index contributed by atoms with van der Waals surface area (Å²) in [5.74, 6) is 4.73. The fourth-order valence-corrected chi connectivity index (χ4v) is 5.45. The van der Waals surface area contributed by atoms with Gasteiger partial charge in [0.25, 0.3) is 0 Å². The van der Waals surface area contributed by atoms with Crippen LogP contribution in [0.25, 0.3) is 0 Å². The Bertz CT molecular complexity index is 497. The Labute approximate surface area is 165 Å². The van der Waals surface area contributed by atoms with Crippen molar-refractivity contribution in [1.29, 1.82) is 0 Å². The van der Waals surface area contributed by atoms with Crippen LogP contribution in [0.5, 0.6) is 0 Å². The summed E-state index contributed by atoms with van der Waals surface area (Å²) in [6.07, 6.45) is 16.7. The van der Waals surface area contributed by atoms with E-state index in [2.05, 4.69) is 6.92 Å². The molecule has 3 rings (SSSR count). The van der Waals surface area contributed by atoms with Crippen LogP contribution in [0, 0.1) is 23.7 Å². The maximum Gasteiger partial charge on any atom is 0.164 e. The molecule has 0 heterocycles. The molecular weight excluding hydrogens is 339 g/mol. The lowest BCUT2D eigenvalue weighted by Crippen LogP contribution is -2.27. The van der Waals surface area contributed by atoms with E-state index in [4.69, 9.17) is 9.47 Å². The second kappa shape index (κ2) is 10.5. The van der Waals surface area contributed by atoms with Gasteiger partial charge in [-0.2, -0.15) is 0 Å². The van der Waals surface area contributed by atoms with Crippen LogP contribution >= 0.6 is 0 Å². The lowest BCUT2D eigenvalue weighted by molar-refractivity contribution is 0.0768. The van der Waals surface area contributed by atoms with Crippen molar-refractivity contribution < 1.29 is 13.9 Å². The van der Waals surface area contributed by atoms with E-state index < -0.39 is 6.17 Å². The number of alkyl halides is 1. The minimum absolute atomic E-state index is 0.313. The van der Waals surface area contributed by atoms with Gasteiger partial charge in [-0.3, -0.25) is 0 Å². The van der Waals surface area contributed by atoms with Crippen LogP contribution in [-0.2, 0) is 9.47 Å². The summed E-state index contributed by atoms with van der Waals surface area (Å²) in [5.41, 5.74) is 0. The summed E-state index contributed by atoms with van der Waals surface area (Å²) in [5, 5.41) is 0. The van der Waals surface area contributed by atoms with Crippen LogP contribution in [0.3, 0.4) is 0 Å². The number of hydrogen-bond donors (Lipinski definition) is 0. The number of halogens is 1. The van der Waals surface area contributed by atoms with E-state index in [1.165, 1.54) is 64.2 Å². The lowest BCUT2D eigenvalue weighted by Gasteiger charge is -2.38. The second-order valence-corrected chi connectivity index (χ2v) is 8.97. The Hall–Kier alpha value is -0.990. The van der Waals surface area contributed by atoms with Gasteiger partial charge in [0.05, 0.1) is 19.0 Å². The highest BCUT2D eigenvalue weighted by Gasteiger charge is 2.31. The number of hydrogen-bond acceptors (Lipinski definition) is 2. The average molecular weight is 379 g/mol. The van der Waals surface area contributed by atoms with Gasteiger partial charge in [0.2, 0.25) is 0 Å². The third-order valence-corrected chi connectivity index (χ3v) is 7.08. The number of ether oxygens (including phenoxy) is 2. The molecule has 3 aliphatic rings. The monoisotopic (exact) mass is 378 g/mol. The Morgan fingerprint density at radius 2 is 1.48 bits per heavy atom. The molecule has 0 radical (unpaired) electrons. The van der Waals surface area contributed by atoms with E-state index in [-0.39, 0.29) is 0 Å². The summed E-state index contributed by atoms with van der Waals surface area (Å²) in [6, 6.07) is 0. The van der Waals surface area contributed by atoms with Gasteiger partial charge in [0, 0.05) is 6.42 Å². The van der Waals surface area contributed by atoms with Crippen molar-refractivity contribution in [2.24, 2.45) is 23.7 Å². The van der Waals surface area contributed by atoms with Crippen molar-refractivity contribution in [1.82, 2.24) is 0 Å². The van der Waals surface area contributed by atoms with Gasteiger partial charge in [-0.05, 0) is 81.3 Å². The summed E-state index contributed by atoms with van der Waals surface area (Å²) < 4.78 is 25.5. The highest BCUT2D eigenvalue weighted by atomic mass is 19.1. The van der Waals surface area contributed by atoms with Crippen LogP contribution in [-0.4, -0.2) is 19.4 Å². The molecule has 154 valence electrons. The van der Waals surface area contributed by atoms with Crippen LogP contribution in [0.1, 0.15) is 84.5 Å². The molecule has 0 N–H and O–H groups in total. The second-order valence-electron chi connectivity index (χ2n) is 8.97. The third-order valence-electron chi connectivity index (χ3n) is 7.08. The zero-order valence-electron chi connectivity index (χ0n) is 17.4. The molecule has 0 unspecified atom stereocenters. The van der Waals surface area contributed by atoms with Crippen LogP contribution in [0.4, 0.5) is 4.39 Å². The van der Waals surface area contributed by atoms with Gasteiger partial charge in [0.15, 0.2) is 6.17 Å². The minimum Gasteiger partial charge on any atom is -0.498 e. The first-order valence-corrected chi connectivity index (χ1v) is 11.5. The largest absolute Gasteiger partial charge is 0.498 e. The Balaban J connectivity index is 1.36. The molecule has 27 heavy (non-hydrogen) atoms. The zero-order valence-corrected chi connectivity index (χ0v) is 17.4. The van der Waals surface area contributed by atoms with Crippen molar-refractivity contribution in [2.75, 3.05) is 13.2 Å². The molecule has 0 aliphatic heterocycles. The average Bonchev–Trinajstić information content (AvgIpc) is 2.69. The molecule has 2 nitrogen and oxygen atoms in total. The first-order chi connectivity index (χ1) is 13.2. The fourth-order valence-electron chi connectivity index (χ4n) is 5.45. The Morgan fingerprint density at radius 1 is 0.852 bits per heavy atom. The van der Waals surface area contributed by atoms with Crippen molar-refractivity contribution in [2.45, 2.75) is 90.6 Å². The predicted octanol–water partition coefficient (Wildman–Crippen LogP) is 6.96. The van der Waals surface area contributed by atoms with Gasteiger partial charge < -0.3 is 9.47 Å². The normalized spacial score (nSPS) is 34.6. The summed E-state index contributed by atoms with van der Waals surface area (Å²) in [4.78, 5) is 0. The van der Waals surface area contributed by atoms with Gasteiger partial charge in [-0.15, -0.1) is 0 Å². The highest BCUT2D eigenvalue weighted by Crippen LogP contribution is 2.42. The molecule has 1 atom stereocenters. The first kappa shape index (κ1) is 20.7. The predicted molar refractivity (Wildman–Crippen MR) is 109 cm³/mol. The molecule has 0 bridgehead atoms. The van der Waals surface area contributed by atoms with Crippen molar-refractivity contribution in [3.05, 3.63) is 23.7 Å². The lowest BCUT2D eigenvalue weighted by atomic mass is 9.69. The van der Waals surface area contributed by atoms with E-state index in [0.29, 0.717) is 31.3 Å². The van der Waals surface area contributed by atoms with Crippen molar-refractivity contribution >= 4 is 0 Å². The van der Waals surface area contributed by atoms with Gasteiger partial charge in [-0.25, -0.2) is 4.39 Å². The Kier molecular flexibility index (Phi) is 8.08. The standard InChI is InChI=1S/C24H39FO2/c1-3-5-18-6-10-20(11-7-18)21-12-8-19(9-13-21)17-27-24-15-14-22(26-4-2)16-23(24)25/h14-15,18-21,23H,3-13,16-17H2,1-2H3/t18?,19?,20?,21?,23-/m1/s1. The molecule has 0 aromatic carbocycles. The van der Waals surface area contributed by atoms with Gasteiger partial charge in [0.1, 0.15) is 5.76 Å². The molecule has 0 aromatic heterocycles. The summed E-state index contributed by atoms with van der Waals surface area (Å²) in [6.45, 7) is 5.52. The molecule has 0 saturated heterocycles. The number of rotatable bonds is 8. The SMILES string of the molecule is CCCC1CCC(C2CCC(COC3=CC=C(OCC)C[C@H]3F)CC2)CC1. The third kappa shape index (κ3) is 5.99. The zero-order chi connectivity index (χ0) is 19.1. The van der Waals surface area contributed by atoms with Gasteiger partial charge in [-0.1, -0.05) is 32.6 Å². The highest BCUT2D eigenvalue weighted by molar-refractivity contribution is 5.21. The van der Waals surface area contributed by atoms with E-state index in [1.807, 2.05) is 13.0 Å². The van der Waals surface area contributed by atoms with E-state index in [0.717, 1.165) is 23.5 Å². The first-order valence-electron chi connectivity index (χ1n) is 11.5. The smallest absolute Gasteiger partial charge is 0.164 e. The quantitative estimate of drug-likeness (QED) is 0.454. The van der Waals surface area contributed by atoms with Crippen molar-refractivity contribution in [3.63, 3.8) is 0 Å². The van der Waals surface area contributed by atoms with Crippen molar-refractivity contribution in [3.8, 4) is 0 Å². The molecule has 0 aromatic rings.